The highest BCUT2D eigenvalue weighted by Gasteiger charge is 2.50. The summed E-state index contributed by atoms with van der Waals surface area (Å²) in [5.74, 6) is -0.709. The van der Waals surface area contributed by atoms with Crippen LogP contribution in [0.2, 0.25) is 5.02 Å². The summed E-state index contributed by atoms with van der Waals surface area (Å²) < 4.78 is 6.09. The van der Waals surface area contributed by atoms with Gasteiger partial charge in [0, 0.05) is 43.7 Å². The Balaban J connectivity index is 1.41. The number of fused-ring (bicyclic) bond motifs is 1. The Labute approximate surface area is 210 Å². The van der Waals surface area contributed by atoms with Crippen LogP contribution in [0, 0.1) is 5.41 Å². The maximum atomic E-state index is 12.9. The number of benzene rings is 1. The van der Waals surface area contributed by atoms with E-state index in [1.807, 2.05) is 12.1 Å². The van der Waals surface area contributed by atoms with E-state index in [-0.39, 0.29) is 23.3 Å². The normalized spacial score (nSPS) is 22.1. The minimum atomic E-state index is -0.606. The molecule has 5 rings (SSSR count). The molecule has 0 N–H and O–H groups in total. The number of carbonyl (C=O) groups is 2. The fourth-order valence-electron chi connectivity index (χ4n) is 4.74. The number of piperidine rings is 1. The Kier molecular flexibility index (Phi) is 5.75. The van der Waals surface area contributed by atoms with Gasteiger partial charge >= 0.3 is 11.9 Å². The first-order chi connectivity index (χ1) is 16.5. The number of hydrogen-bond acceptors (Lipinski definition) is 11. The smallest absolute Gasteiger partial charge is 0.340 e. The molecule has 2 atom stereocenters. The Morgan fingerprint density at radius 3 is 2.83 bits per heavy atom. The van der Waals surface area contributed by atoms with E-state index in [0.717, 1.165) is 10.5 Å². The monoisotopic (exact) mass is 517 g/mol. The van der Waals surface area contributed by atoms with Crippen molar-refractivity contribution in [1.82, 2.24) is 30.6 Å². The topological polar surface area (TPSA) is 125 Å². The first-order valence-electron chi connectivity index (χ1n) is 11.1. The van der Waals surface area contributed by atoms with Gasteiger partial charge < -0.3 is 14.5 Å². The van der Waals surface area contributed by atoms with E-state index in [0.29, 0.717) is 46.5 Å². The van der Waals surface area contributed by atoms with E-state index in [1.54, 1.807) is 6.07 Å². The third kappa shape index (κ3) is 4.47. The molecule has 11 nitrogen and oxygen atoms in total. The molecule has 35 heavy (non-hydrogen) atoms. The van der Waals surface area contributed by atoms with Gasteiger partial charge in [0.25, 0.3) is 0 Å². The van der Waals surface area contributed by atoms with Crippen molar-refractivity contribution in [1.29, 1.82) is 0 Å². The number of esters is 1. The highest BCUT2D eigenvalue weighted by atomic mass is 35.5. The van der Waals surface area contributed by atoms with Gasteiger partial charge in [-0.3, -0.25) is 0 Å². The molecule has 2 unspecified atom stereocenters. The lowest BCUT2D eigenvalue weighted by molar-refractivity contribution is -0.145. The Hall–Kier alpha value is -3.12. The molecule has 4 heterocycles. The van der Waals surface area contributed by atoms with Crippen LogP contribution in [0.3, 0.4) is 0 Å². The lowest BCUT2D eigenvalue weighted by Crippen LogP contribution is -2.58. The number of aromatic nitrogens is 6. The van der Waals surface area contributed by atoms with Gasteiger partial charge in [0.2, 0.25) is 11.0 Å². The molecule has 3 aromatic rings. The zero-order valence-electron chi connectivity index (χ0n) is 19.7. The van der Waals surface area contributed by atoms with E-state index in [9.17, 15) is 9.59 Å². The molecule has 184 valence electrons. The van der Waals surface area contributed by atoms with Crippen molar-refractivity contribution in [2.24, 2.45) is 5.41 Å². The summed E-state index contributed by atoms with van der Waals surface area (Å²) in [7, 11) is 0. The van der Waals surface area contributed by atoms with Crippen LogP contribution in [-0.2, 0) is 16.0 Å². The molecule has 0 bridgehead atoms. The number of halogens is 1. The maximum absolute atomic E-state index is 12.9. The first-order valence-corrected chi connectivity index (χ1v) is 12.3. The molecule has 2 aliphatic rings. The van der Waals surface area contributed by atoms with E-state index in [4.69, 9.17) is 21.2 Å². The van der Waals surface area contributed by atoms with E-state index < -0.39 is 11.6 Å². The Morgan fingerprint density at radius 2 is 2.09 bits per heavy atom. The highest BCUT2D eigenvalue weighted by Crippen LogP contribution is 2.46. The molecule has 2 aliphatic heterocycles. The third-order valence-corrected chi connectivity index (χ3v) is 7.60. The van der Waals surface area contributed by atoms with Crippen LogP contribution in [0.5, 0.6) is 0 Å². The van der Waals surface area contributed by atoms with Crippen molar-refractivity contribution in [3.8, 4) is 10.8 Å². The molecule has 2 aromatic heterocycles. The quantitative estimate of drug-likeness (QED) is 0.378. The van der Waals surface area contributed by atoms with Crippen molar-refractivity contribution in [3.63, 3.8) is 0 Å². The lowest BCUT2D eigenvalue weighted by atomic mass is 9.72. The number of hydrogen-bond donors (Lipinski definition) is 0. The zero-order chi connectivity index (χ0) is 25.0. The second-order valence-electron chi connectivity index (χ2n) is 9.89. The second kappa shape index (κ2) is 8.52. The average molecular weight is 518 g/mol. The molecule has 1 saturated heterocycles. The average Bonchev–Trinajstić information content (AvgIpc) is 3.42. The van der Waals surface area contributed by atoms with Crippen LogP contribution in [0.1, 0.15) is 56.5 Å². The minimum Gasteiger partial charge on any atom is -0.455 e. The SMILES string of the molecule is CC(=O)On1nnc(-c2nnc(N3CCC4(Cc5cccc(Cl)c5C(=O)O4)CC3C(C)(C)C)s2)n1. The van der Waals surface area contributed by atoms with Crippen LogP contribution < -0.4 is 9.74 Å². The maximum Gasteiger partial charge on any atom is 0.340 e. The standard InChI is InChI=1S/C22H24ClN7O4S/c1-12(31)34-30-27-17(24-28-30)18-25-26-20(35-18)29-9-8-22(11-15(29)21(2,3)4)10-13-6-5-7-14(23)16(13)19(32)33-22/h5-7,15H,8-11H2,1-4H3. The predicted molar refractivity (Wildman–Crippen MR) is 127 cm³/mol. The Morgan fingerprint density at radius 1 is 1.29 bits per heavy atom. The summed E-state index contributed by atoms with van der Waals surface area (Å²) in [6.45, 7) is 8.36. The molecule has 0 amide bonds. The number of rotatable bonds is 3. The summed E-state index contributed by atoms with van der Waals surface area (Å²) in [5, 5.41) is 21.8. The molecule has 0 aliphatic carbocycles. The van der Waals surface area contributed by atoms with Crippen molar-refractivity contribution < 1.29 is 19.2 Å². The van der Waals surface area contributed by atoms with Crippen molar-refractivity contribution >= 4 is 40.0 Å². The molecule has 0 saturated carbocycles. The predicted octanol–water partition coefficient (Wildman–Crippen LogP) is 2.99. The molecular weight excluding hydrogens is 494 g/mol. The fourth-order valence-corrected chi connectivity index (χ4v) is 5.86. The molecule has 1 spiro atoms. The van der Waals surface area contributed by atoms with E-state index >= 15 is 0 Å². The van der Waals surface area contributed by atoms with Gasteiger partial charge in [0.1, 0.15) is 5.60 Å². The molecule has 1 aromatic carbocycles. The summed E-state index contributed by atoms with van der Waals surface area (Å²) >= 11 is 7.61. The first kappa shape index (κ1) is 23.6. The number of nitrogens with zero attached hydrogens (tertiary/aromatic N) is 7. The second-order valence-corrected chi connectivity index (χ2v) is 11.3. The van der Waals surface area contributed by atoms with Crippen LogP contribution in [0.4, 0.5) is 5.13 Å². The molecule has 1 fully saturated rings. The summed E-state index contributed by atoms with van der Waals surface area (Å²) in [5.41, 5.74) is 0.648. The minimum absolute atomic E-state index is 0.0234. The summed E-state index contributed by atoms with van der Waals surface area (Å²) in [6.07, 6.45) is 1.91. The van der Waals surface area contributed by atoms with Gasteiger partial charge in [-0.25, -0.2) is 9.59 Å². The van der Waals surface area contributed by atoms with Crippen molar-refractivity contribution in [2.45, 2.75) is 58.6 Å². The van der Waals surface area contributed by atoms with Gasteiger partial charge in [-0.2, -0.15) is 0 Å². The Bertz CT molecular complexity index is 1300. The lowest BCUT2D eigenvalue weighted by Gasteiger charge is -2.51. The van der Waals surface area contributed by atoms with Crippen LogP contribution in [0.25, 0.3) is 10.8 Å². The van der Waals surface area contributed by atoms with Crippen molar-refractivity contribution in [2.75, 3.05) is 11.4 Å². The molecule has 0 radical (unpaired) electrons. The number of carbonyl (C=O) groups excluding carboxylic acids is 2. The van der Waals surface area contributed by atoms with E-state index in [1.165, 1.54) is 18.3 Å². The largest absolute Gasteiger partial charge is 0.455 e. The van der Waals surface area contributed by atoms with Gasteiger partial charge in [0.05, 0.1) is 10.6 Å². The van der Waals surface area contributed by atoms with E-state index in [2.05, 4.69) is 51.3 Å². The number of tetrazole rings is 1. The third-order valence-electron chi connectivity index (χ3n) is 6.33. The van der Waals surface area contributed by atoms with Crippen LogP contribution in [-0.4, -0.2) is 60.7 Å². The van der Waals surface area contributed by atoms with Gasteiger partial charge in [-0.1, -0.05) is 60.9 Å². The zero-order valence-corrected chi connectivity index (χ0v) is 21.3. The number of ether oxygens (including phenoxy) is 1. The van der Waals surface area contributed by atoms with Crippen molar-refractivity contribution in [3.05, 3.63) is 34.3 Å². The summed E-state index contributed by atoms with van der Waals surface area (Å²) in [6, 6.07) is 5.57. The van der Waals surface area contributed by atoms with Crippen LogP contribution >= 0.6 is 22.9 Å². The van der Waals surface area contributed by atoms with Gasteiger partial charge in [0.15, 0.2) is 5.01 Å². The summed E-state index contributed by atoms with van der Waals surface area (Å²) in [4.78, 5) is 31.8. The van der Waals surface area contributed by atoms with Gasteiger partial charge in [-0.05, 0) is 22.3 Å². The molecular formula is C22H24ClN7O4S. The molecule has 13 heteroatoms. The fraction of sp³-hybridized carbons (Fsp3) is 0.500. The van der Waals surface area contributed by atoms with Gasteiger partial charge in [-0.15, -0.1) is 15.3 Å². The number of anilines is 1. The highest BCUT2D eigenvalue weighted by molar-refractivity contribution is 7.18. The van der Waals surface area contributed by atoms with Crippen LogP contribution in [0.15, 0.2) is 18.2 Å².